The highest BCUT2D eigenvalue weighted by Gasteiger charge is 2.15. The van der Waals surface area contributed by atoms with Crippen LogP contribution in [-0.2, 0) is 4.79 Å². The first-order valence-electron chi connectivity index (χ1n) is 5.40. The summed E-state index contributed by atoms with van der Waals surface area (Å²) in [6.45, 7) is 0. The number of carbonyl (C=O) groups is 1. The van der Waals surface area contributed by atoms with Crippen LogP contribution in [0, 0.1) is 0 Å². The number of nitrogens with one attached hydrogen (secondary N) is 1. The molecule has 0 aliphatic carbocycles. The Morgan fingerprint density at radius 3 is 2.67 bits per heavy atom. The molecule has 0 aliphatic heterocycles. The number of nitrogens with zero attached hydrogens (tertiary/aromatic N) is 1. The van der Waals surface area contributed by atoms with Gasteiger partial charge in [-0.3, -0.25) is 4.79 Å². The Morgan fingerprint density at radius 1 is 1.28 bits per heavy atom. The molecule has 0 unspecified atom stereocenters. The molecule has 0 saturated heterocycles. The van der Waals surface area contributed by atoms with E-state index >= 15 is 0 Å². The number of amides is 1. The van der Waals surface area contributed by atoms with Crippen LogP contribution in [0.15, 0.2) is 48.7 Å². The van der Waals surface area contributed by atoms with Crippen molar-refractivity contribution in [3.8, 4) is 0 Å². The highest BCUT2D eigenvalue weighted by molar-refractivity contribution is 6.29. The molecule has 0 fully saturated rings. The zero-order chi connectivity index (χ0) is 13.0. The molecular weight excluding hydrogens is 250 g/mol. The fraction of sp³-hybridized carbons (Fsp3) is 0.0769. The lowest BCUT2D eigenvalue weighted by molar-refractivity contribution is -0.117. The molecule has 1 aromatic heterocycles. The van der Waals surface area contributed by atoms with Crippen LogP contribution in [0.5, 0.6) is 0 Å². The molecule has 0 spiro atoms. The van der Waals surface area contributed by atoms with Gasteiger partial charge in [-0.05, 0) is 17.7 Å². The van der Waals surface area contributed by atoms with Crippen molar-refractivity contribution in [2.24, 2.45) is 5.73 Å². The molecule has 0 saturated carbocycles. The molecule has 92 valence electrons. The second-order valence-electron chi connectivity index (χ2n) is 3.74. The van der Waals surface area contributed by atoms with Crippen molar-refractivity contribution in [3.63, 3.8) is 0 Å². The number of halogens is 1. The van der Waals surface area contributed by atoms with E-state index in [-0.39, 0.29) is 5.91 Å². The quantitative estimate of drug-likeness (QED) is 0.834. The van der Waals surface area contributed by atoms with Crippen molar-refractivity contribution in [1.82, 2.24) is 4.98 Å². The molecule has 2 rings (SSSR count). The minimum Gasteiger partial charge on any atom is -0.324 e. The predicted octanol–water partition coefficient (Wildman–Crippen LogP) is 2.37. The fourth-order valence-electron chi connectivity index (χ4n) is 1.51. The molecule has 1 atom stereocenters. The van der Waals surface area contributed by atoms with E-state index < -0.39 is 6.04 Å². The lowest BCUT2D eigenvalue weighted by Crippen LogP contribution is -2.27. The minimum atomic E-state index is -0.710. The summed E-state index contributed by atoms with van der Waals surface area (Å²) in [5, 5.41) is 3.01. The summed E-state index contributed by atoms with van der Waals surface area (Å²) in [5.41, 5.74) is 7.20. The number of carbonyl (C=O) groups excluding carboxylic acids is 1. The number of nitrogens with two attached hydrogens (primary N) is 1. The van der Waals surface area contributed by atoms with Crippen molar-refractivity contribution in [1.29, 1.82) is 0 Å². The van der Waals surface area contributed by atoms with Crippen LogP contribution < -0.4 is 11.1 Å². The first-order chi connectivity index (χ1) is 8.66. The maximum atomic E-state index is 11.9. The van der Waals surface area contributed by atoms with Crippen LogP contribution in [0.3, 0.4) is 0 Å². The zero-order valence-electron chi connectivity index (χ0n) is 9.51. The number of benzene rings is 1. The van der Waals surface area contributed by atoms with E-state index in [0.717, 1.165) is 5.56 Å². The molecule has 1 aromatic carbocycles. The van der Waals surface area contributed by atoms with Gasteiger partial charge in [-0.2, -0.15) is 0 Å². The van der Waals surface area contributed by atoms with E-state index in [1.165, 1.54) is 6.20 Å². The molecule has 2 aromatic rings. The first kappa shape index (κ1) is 12.5. The van der Waals surface area contributed by atoms with Crippen molar-refractivity contribution >= 4 is 23.2 Å². The maximum Gasteiger partial charge on any atom is 0.245 e. The first-order valence-corrected chi connectivity index (χ1v) is 5.77. The number of hydrogen-bond acceptors (Lipinski definition) is 3. The summed E-state index contributed by atoms with van der Waals surface area (Å²) in [5.74, 6) is -0.288. The smallest absolute Gasteiger partial charge is 0.245 e. The Morgan fingerprint density at radius 2 is 2.00 bits per heavy atom. The summed E-state index contributed by atoms with van der Waals surface area (Å²) >= 11 is 5.73. The molecule has 0 aliphatic rings. The number of anilines is 1. The topological polar surface area (TPSA) is 68.0 Å². The van der Waals surface area contributed by atoms with Gasteiger partial charge in [-0.1, -0.05) is 41.9 Å². The molecule has 0 radical (unpaired) electrons. The Labute approximate surface area is 110 Å². The van der Waals surface area contributed by atoms with Crippen LogP contribution in [0.1, 0.15) is 11.6 Å². The van der Waals surface area contributed by atoms with Gasteiger partial charge in [0.15, 0.2) is 0 Å². The second kappa shape index (κ2) is 5.62. The molecule has 0 bridgehead atoms. The van der Waals surface area contributed by atoms with Gasteiger partial charge in [-0.25, -0.2) is 4.98 Å². The van der Waals surface area contributed by atoms with E-state index in [1.807, 2.05) is 30.3 Å². The Bertz CT molecular complexity index is 545. The van der Waals surface area contributed by atoms with Gasteiger partial charge in [-0.15, -0.1) is 0 Å². The lowest BCUT2D eigenvalue weighted by Gasteiger charge is -2.12. The zero-order valence-corrected chi connectivity index (χ0v) is 10.3. The SMILES string of the molecule is N[C@@H](C(=O)Nc1ccnc(Cl)c1)c1ccccc1. The van der Waals surface area contributed by atoms with E-state index in [4.69, 9.17) is 17.3 Å². The van der Waals surface area contributed by atoms with Gasteiger partial charge in [0.05, 0.1) is 0 Å². The Balaban J connectivity index is 2.09. The van der Waals surface area contributed by atoms with E-state index in [9.17, 15) is 4.79 Å². The number of aromatic nitrogens is 1. The largest absolute Gasteiger partial charge is 0.324 e. The van der Waals surface area contributed by atoms with Crippen molar-refractivity contribution in [3.05, 3.63) is 59.4 Å². The van der Waals surface area contributed by atoms with E-state index in [0.29, 0.717) is 10.8 Å². The van der Waals surface area contributed by atoms with Crippen LogP contribution in [0.25, 0.3) is 0 Å². The second-order valence-corrected chi connectivity index (χ2v) is 4.13. The molecule has 4 nitrogen and oxygen atoms in total. The third-order valence-corrected chi connectivity index (χ3v) is 2.64. The van der Waals surface area contributed by atoms with Gasteiger partial charge >= 0.3 is 0 Å². The summed E-state index contributed by atoms with van der Waals surface area (Å²) < 4.78 is 0. The Kier molecular flexibility index (Phi) is 3.92. The summed E-state index contributed by atoms with van der Waals surface area (Å²) in [6, 6.07) is 11.7. The van der Waals surface area contributed by atoms with E-state index in [1.54, 1.807) is 12.1 Å². The Hall–Kier alpha value is -1.91. The van der Waals surface area contributed by atoms with Crippen molar-refractivity contribution in [2.45, 2.75) is 6.04 Å². The average molecular weight is 262 g/mol. The number of hydrogen-bond donors (Lipinski definition) is 2. The average Bonchev–Trinajstić information content (AvgIpc) is 2.39. The van der Waals surface area contributed by atoms with Gasteiger partial charge in [0, 0.05) is 11.9 Å². The van der Waals surface area contributed by atoms with Crippen molar-refractivity contribution in [2.75, 3.05) is 5.32 Å². The number of rotatable bonds is 3. The predicted molar refractivity (Wildman–Crippen MR) is 71.2 cm³/mol. The molecular formula is C13H12ClN3O. The standard InChI is InChI=1S/C13H12ClN3O/c14-11-8-10(6-7-16-11)17-13(18)12(15)9-4-2-1-3-5-9/h1-8,12H,15H2,(H,16,17,18)/t12-/m1/s1. The molecule has 1 amide bonds. The highest BCUT2D eigenvalue weighted by atomic mass is 35.5. The summed E-state index contributed by atoms with van der Waals surface area (Å²) in [6.07, 6.45) is 1.52. The normalized spacial score (nSPS) is 11.9. The fourth-order valence-corrected chi connectivity index (χ4v) is 1.69. The third-order valence-electron chi connectivity index (χ3n) is 2.44. The summed E-state index contributed by atoms with van der Waals surface area (Å²) in [4.78, 5) is 15.8. The summed E-state index contributed by atoms with van der Waals surface area (Å²) in [7, 11) is 0. The van der Waals surface area contributed by atoms with Crippen LogP contribution >= 0.6 is 11.6 Å². The van der Waals surface area contributed by atoms with Gasteiger partial charge in [0.2, 0.25) is 5.91 Å². The maximum absolute atomic E-state index is 11.9. The monoisotopic (exact) mass is 261 g/mol. The molecule has 18 heavy (non-hydrogen) atoms. The van der Waals surface area contributed by atoms with Gasteiger partial charge in [0.1, 0.15) is 11.2 Å². The van der Waals surface area contributed by atoms with Crippen LogP contribution in [0.2, 0.25) is 5.15 Å². The van der Waals surface area contributed by atoms with Gasteiger partial charge < -0.3 is 11.1 Å². The number of pyridine rings is 1. The highest BCUT2D eigenvalue weighted by Crippen LogP contribution is 2.15. The molecule has 1 heterocycles. The van der Waals surface area contributed by atoms with Crippen LogP contribution in [-0.4, -0.2) is 10.9 Å². The molecule has 3 N–H and O–H groups in total. The van der Waals surface area contributed by atoms with Crippen molar-refractivity contribution < 1.29 is 4.79 Å². The van der Waals surface area contributed by atoms with E-state index in [2.05, 4.69) is 10.3 Å². The minimum absolute atomic E-state index is 0.288. The van der Waals surface area contributed by atoms with Gasteiger partial charge in [0.25, 0.3) is 0 Å². The van der Waals surface area contributed by atoms with Crippen LogP contribution in [0.4, 0.5) is 5.69 Å². The molecule has 5 heteroatoms. The lowest BCUT2D eigenvalue weighted by atomic mass is 10.1. The third kappa shape index (κ3) is 3.06.